The smallest absolute Gasteiger partial charge is 0.248 e. The molecule has 0 bridgehead atoms. The van der Waals surface area contributed by atoms with E-state index in [1.807, 2.05) is 67.7 Å². The number of rotatable bonds is 12. The zero-order valence-corrected chi connectivity index (χ0v) is 20.0. The van der Waals surface area contributed by atoms with Gasteiger partial charge in [0, 0.05) is 11.1 Å². The van der Waals surface area contributed by atoms with Crippen molar-refractivity contribution < 1.29 is 14.3 Å². The third-order valence-electron chi connectivity index (χ3n) is 5.03. The van der Waals surface area contributed by atoms with Gasteiger partial charge in [0.1, 0.15) is 17.5 Å². The fourth-order valence-electron chi connectivity index (χ4n) is 3.36. The van der Waals surface area contributed by atoms with Crippen LogP contribution in [-0.2, 0) is 22.4 Å². The number of amides is 2. The molecule has 33 heavy (non-hydrogen) atoms. The van der Waals surface area contributed by atoms with Crippen LogP contribution in [0.25, 0.3) is 0 Å². The summed E-state index contributed by atoms with van der Waals surface area (Å²) in [5.74, 6) is 0.960. The van der Waals surface area contributed by atoms with E-state index in [0.717, 1.165) is 41.9 Å². The summed E-state index contributed by atoms with van der Waals surface area (Å²) >= 11 is 1.49. The third kappa shape index (κ3) is 8.02. The average molecular weight is 466 g/mol. The molecular formula is C26H31N3O3S. The molecule has 0 aliphatic carbocycles. The number of hydrogen-bond donors (Lipinski definition) is 2. The SMILES string of the molecule is CCCCc1cnc(NC(=O)[C@H](CCC)NC(=O)Cc2cccc(Oc3ccccc3)c2)s1. The zero-order chi connectivity index (χ0) is 23.5. The van der Waals surface area contributed by atoms with Crippen molar-refractivity contribution in [2.75, 3.05) is 5.32 Å². The molecule has 0 saturated carbocycles. The Bertz CT molecular complexity index is 1040. The summed E-state index contributed by atoms with van der Waals surface area (Å²) in [6.45, 7) is 4.14. The van der Waals surface area contributed by atoms with Crippen molar-refractivity contribution in [2.24, 2.45) is 0 Å². The molecule has 6 nitrogen and oxygen atoms in total. The van der Waals surface area contributed by atoms with Gasteiger partial charge in [0.2, 0.25) is 11.8 Å². The van der Waals surface area contributed by atoms with Gasteiger partial charge in [-0.05, 0) is 49.1 Å². The fourth-order valence-corrected chi connectivity index (χ4v) is 4.21. The minimum absolute atomic E-state index is 0.165. The van der Waals surface area contributed by atoms with Crippen molar-refractivity contribution >= 4 is 28.3 Å². The lowest BCUT2D eigenvalue weighted by molar-refractivity contribution is -0.126. The molecule has 0 fully saturated rings. The van der Waals surface area contributed by atoms with Crippen LogP contribution < -0.4 is 15.4 Å². The summed E-state index contributed by atoms with van der Waals surface area (Å²) in [7, 11) is 0. The van der Waals surface area contributed by atoms with E-state index < -0.39 is 6.04 Å². The summed E-state index contributed by atoms with van der Waals surface area (Å²) < 4.78 is 5.85. The lowest BCUT2D eigenvalue weighted by Crippen LogP contribution is -2.44. The number of carbonyl (C=O) groups is 2. The average Bonchev–Trinajstić information content (AvgIpc) is 3.25. The predicted molar refractivity (Wildman–Crippen MR) is 133 cm³/mol. The topological polar surface area (TPSA) is 80.3 Å². The Labute approximate surface area is 199 Å². The highest BCUT2D eigenvalue weighted by atomic mass is 32.1. The Kier molecular flexibility index (Phi) is 9.44. The molecule has 0 aliphatic rings. The van der Waals surface area contributed by atoms with E-state index in [0.29, 0.717) is 17.3 Å². The highest BCUT2D eigenvalue weighted by Crippen LogP contribution is 2.22. The molecule has 1 heterocycles. The van der Waals surface area contributed by atoms with Gasteiger partial charge in [-0.25, -0.2) is 4.98 Å². The lowest BCUT2D eigenvalue weighted by atomic mass is 10.1. The van der Waals surface area contributed by atoms with Gasteiger partial charge in [-0.2, -0.15) is 0 Å². The molecule has 3 rings (SSSR count). The summed E-state index contributed by atoms with van der Waals surface area (Å²) in [4.78, 5) is 30.9. The van der Waals surface area contributed by atoms with Crippen molar-refractivity contribution in [1.29, 1.82) is 0 Å². The number of nitrogens with one attached hydrogen (secondary N) is 2. The van der Waals surface area contributed by atoms with Crippen LogP contribution in [0.5, 0.6) is 11.5 Å². The number of unbranched alkanes of at least 4 members (excludes halogenated alkanes) is 1. The number of aryl methyl sites for hydroxylation is 1. The van der Waals surface area contributed by atoms with Crippen LogP contribution in [0.2, 0.25) is 0 Å². The normalized spacial score (nSPS) is 11.6. The number of para-hydroxylation sites is 1. The summed E-state index contributed by atoms with van der Waals surface area (Å²) in [6.07, 6.45) is 6.49. The molecule has 2 N–H and O–H groups in total. The second-order valence-electron chi connectivity index (χ2n) is 7.87. The number of benzene rings is 2. The first kappa shape index (κ1) is 24.5. The first-order chi connectivity index (χ1) is 16.1. The Hall–Kier alpha value is -3.19. The van der Waals surface area contributed by atoms with Gasteiger partial charge >= 0.3 is 0 Å². The van der Waals surface area contributed by atoms with Gasteiger partial charge in [0.05, 0.1) is 6.42 Å². The first-order valence-electron chi connectivity index (χ1n) is 11.4. The molecule has 0 spiro atoms. The van der Waals surface area contributed by atoms with Crippen LogP contribution in [0, 0.1) is 0 Å². The van der Waals surface area contributed by atoms with Gasteiger partial charge in [-0.15, -0.1) is 11.3 Å². The number of thiazole rings is 1. The van der Waals surface area contributed by atoms with Crippen LogP contribution in [0.4, 0.5) is 5.13 Å². The summed E-state index contributed by atoms with van der Waals surface area (Å²) in [6, 6.07) is 16.3. The third-order valence-corrected chi connectivity index (χ3v) is 6.00. The molecule has 1 aromatic heterocycles. The fraction of sp³-hybridized carbons (Fsp3) is 0.346. The predicted octanol–water partition coefficient (Wildman–Crippen LogP) is 5.74. The maximum absolute atomic E-state index is 12.8. The Morgan fingerprint density at radius 3 is 2.58 bits per heavy atom. The summed E-state index contributed by atoms with van der Waals surface area (Å²) in [5, 5.41) is 6.32. The zero-order valence-electron chi connectivity index (χ0n) is 19.2. The van der Waals surface area contributed by atoms with Crippen LogP contribution in [0.1, 0.15) is 50.0 Å². The van der Waals surface area contributed by atoms with Gasteiger partial charge in [0.15, 0.2) is 5.13 Å². The highest BCUT2D eigenvalue weighted by molar-refractivity contribution is 7.15. The van der Waals surface area contributed by atoms with Crippen molar-refractivity contribution in [3.8, 4) is 11.5 Å². The Morgan fingerprint density at radius 1 is 1.03 bits per heavy atom. The molecule has 1 atom stereocenters. The monoisotopic (exact) mass is 465 g/mol. The Balaban J connectivity index is 1.56. The molecule has 0 unspecified atom stereocenters. The van der Waals surface area contributed by atoms with Crippen molar-refractivity contribution in [3.63, 3.8) is 0 Å². The molecular weight excluding hydrogens is 434 g/mol. The van der Waals surface area contributed by atoms with Crippen molar-refractivity contribution in [3.05, 3.63) is 71.2 Å². The molecule has 174 valence electrons. The maximum Gasteiger partial charge on any atom is 0.248 e. The molecule has 0 radical (unpaired) electrons. The molecule has 0 aliphatic heterocycles. The van der Waals surface area contributed by atoms with Crippen LogP contribution in [0.3, 0.4) is 0 Å². The highest BCUT2D eigenvalue weighted by Gasteiger charge is 2.21. The number of aromatic nitrogens is 1. The van der Waals surface area contributed by atoms with Gasteiger partial charge in [0.25, 0.3) is 0 Å². The standard InChI is InChI=1S/C26H31N3O3S/c1-3-5-15-22-18-27-26(33-22)29-25(31)23(10-4-2)28-24(30)17-19-11-9-14-21(16-19)32-20-12-7-6-8-13-20/h6-9,11-14,16,18,23H,3-5,10,15,17H2,1-2H3,(H,28,30)(H,27,29,31)/t23-/m0/s1. The maximum atomic E-state index is 12.8. The first-order valence-corrected chi connectivity index (χ1v) is 12.3. The van der Waals surface area contributed by atoms with Crippen molar-refractivity contribution in [1.82, 2.24) is 10.3 Å². The van der Waals surface area contributed by atoms with E-state index in [9.17, 15) is 9.59 Å². The van der Waals surface area contributed by atoms with E-state index in [4.69, 9.17) is 4.74 Å². The van der Waals surface area contributed by atoms with Crippen LogP contribution in [0.15, 0.2) is 60.8 Å². The second-order valence-corrected chi connectivity index (χ2v) is 8.99. The number of nitrogens with zero attached hydrogens (tertiary/aromatic N) is 1. The molecule has 3 aromatic rings. The minimum atomic E-state index is -0.603. The lowest BCUT2D eigenvalue weighted by Gasteiger charge is -2.17. The Morgan fingerprint density at radius 2 is 1.82 bits per heavy atom. The van der Waals surface area contributed by atoms with E-state index in [1.54, 1.807) is 0 Å². The molecule has 2 aromatic carbocycles. The van der Waals surface area contributed by atoms with Crippen molar-refractivity contribution in [2.45, 2.75) is 58.4 Å². The van der Waals surface area contributed by atoms with Gasteiger partial charge in [-0.3, -0.25) is 9.59 Å². The number of carbonyl (C=O) groups excluding carboxylic acids is 2. The molecule has 2 amide bonds. The number of anilines is 1. The van der Waals surface area contributed by atoms with Gasteiger partial charge < -0.3 is 15.4 Å². The van der Waals surface area contributed by atoms with Crippen LogP contribution >= 0.6 is 11.3 Å². The second kappa shape index (κ2) is 12.7. The minimum Gasteiger partial charge on any atom is -0.457 e. The van der Waals surface area contributed by atoms with E-state index in [2.05, 4.69) is 22.5 Å². The van der Waals surface area contributed by atoms with E-state index >= 15 is 0 Å². The molecule has 7 heteroatoms. The van der Waals surface area contributed by atoms with Gasteiger partial charge in [-0.1, -0.05) is 57.0 Å². The largest absolute Gasteiger partial charge is 0.457 e. The van der Waals surface area contributed by atoms with E-state index in [-0.39, 0.29) is 18.2 Å². The van der Waals surface area contributed by atoms with Crippen LogP contribution in [-0.4, -0.2) is 22.8 Å². The number of ether oxygens (including phenoxy) is 1. The quantitative estimate of drug-likeness (QED) is 0.357. The molecule has 0 saturated heterocycles. The van der Waals surface area contributed by atoms with E-state index in [1.165, 1.54) is 11.3 Å². The number of hydrogen-bond acceptors (Lipinski definition) is 5. The summed E-state index contributed by atoms with van der Waals surface area (Å²) in [5.41, 5.74) is 0.817.